The number of ether oxygens (including phenoxy) is 1. The van der Waals surface area contributed by atoms with Crippen LogP contribution >= 0.6 is 0 Å². The Bertz CT molecular complexity index is 659. The summed E-state index contributed by atoms with van der Waals surface area (Å²) in [5.74, 6) is 0.948. The van der Waals surface area contributed by atoms with E-state index in [-0.39, 0.29) is 0 Å². The van der Waals surface area contributed by atoms with E-state index in [4.69, 9.17) is 15.5 Å². The summed E-state index contributed by atoms with van der Waals surface area (Å²) in [6, 6.07) is 5.56. The average Bonchev–Trinajstić information content (AvgIpc) is 3.11. The highest BCUT2D eigenvalue weighted by Crippen LogP contribution is 2.27. The number of aromatic nitrogens is 2. The van der Waals surface area contributed by atoms with Crippen LogP contribution in [-0.2, 0) is 11.3 Å². The van der Waals surface area contributed by atoms with Gasteiger partial charge in [0.2, 0.25) is 0 Å². The van der Waals surface area contributed by atoms with Crippen molar-refractivity contribution in [1.29, 1.82) is 0 Å². The van der Waals surface area contributed by atoms with E-state index in [1.54, 1.807) is 13.2 Å². The van der Waals surface area contributed by atoms with E-state index in [1.807, 2.05) is 12.1 Å². The first kappa shape index (κ1) is 14.0. The summed E-state index contributed by atoms with van der Waals surface area (Å²) in [5, 5.41) is 3.36. The Morgan fingerprint density at radius 1 is 1.57 bits per heavy atom. The van der Waals surface area contributed by atoms with Gasteiger partial charge in [-0.15, -0.1) is 0 Å². The maximum Gasteiger partial charge on any atom is 0.250 e. The number of amides is 1. The molecule has 1 atom stereocenters. The predicted molar refractivity (Wildman–Crippen MR) is 80.4 cm³/mol. The zero-order valence-electron chi connectivity index (χ0n) is 12.1. The van der Waals surface area contributed by atoms with Gasteiger partial charge in [-0.05, 0) is 25.1 Å². The highest BCUT2D eigenvalue weighted by molar-refractivity contribution is 6.04. The highest BCUT2D eigenvalue weighted by Gasteiger charge is 2.24. The second kappa shape index (κ2) is 5.83. The van der Waals surface area contributed by atoms with Gasteiger partial charge in [0.05, 0.1) is 17.7 Å². The minimum Gasteiger partial charge on any atom is -0.383 e. The molecular formula is C15H20N4O2. The summed E-state index contributed by atoms with van der Waals surface area (Å²) in [6.07, 6.45) is 1.06. The molecule has 1 aromatic heterocycles. The lowest BCUT2D eigenvalue weighted by Gasteiger charge is -2.12. The standard InChI is InChI=1S/C15H20N4O2/c1-21-8-7-19-12-4-2-3-11(14(16)20)13(12)18-15(19)10-5-6-17-9-10/h2-4,10,17H,5-9H2,1H3,(H2,16,20). The molecular weight excluding hydrogens is 268 g/mol. The Hall–Kier alpha value is -1.92. The van der Waals surface area contributed by atoms with Crippen LogP contribution in [0.15, 0.2) is 18.2 Å². The van der Waals surface area contributed by atoms with E-state index in [0.29, 0.717) is 23.6 Å². The van der Waals surface area contributed by atoms with Crippen molar-refractivity contribution >= 4 is 16.9 Å². The molecule has 3 rings (SSSR count). The lowest BCUT2D eigenvalue weighted by Crippen LogP contribution is -2.14. The topological polar surface area (TPSA) is 82.2 Å². The van der Waals surface area contributed by atoms with Crippen LogP contribution < -0.4 is 11.1 Å². The van der Waals surface area contributed by atoms with E-state index in [0.717, 1.165) is 37.4 Å². The number of carbonyl (C=O) groups is 1. The molecule has 0 bridgehead atoms. The van der Waals surface area contributed by atoms with Crippen LogP contribution in [0, 0.1) is 0 Å². The number of rotatable bonds is 5. The number of carbonyl (C=O) groups excluding carboxylic acids is 1. The number of fused-ring (bicyclic) bond motifs is 1. The van der Waals surface area contributed by atoms with Crippen LogP contribution in [0.2, 0.25) is 0 Å². The van der Waals surface area contributed by atoms with Crippen molar-refractivity contribution in [3.63, 3.8) is 0 Å². The first-order chi connectivity index (χ1) is 10.2. The van der Waals surface area contributed by atoms with Gasteiger partial charge in [0.25, 0.3) is 5.91 Å². The number of nitrogens with one attached hydrogen (secondary N) is 1. The maximum atomic E-state index is 11.6. The molecule has 0 radical (unpaired) electrons. The quantitative estimate of drug-likeness (QED) is 0.855. The summed E-state index contributed by atoms with van der Waals surface area (Å²) in [6.45, 7) is 3.25. The molecule has 1 aromatic carbocycles. The van der Waals surface area contributed by atoms with Gasteiger partial charge in [-0.3, -0.25) is 4.79 Å². The van der Waals surface area contributed by atoms with Crippen molar-refractivity contribution in [3.8, 4) is 0 Å². The third-order valence-corrected chi connectivity index (χ3v) is 4.02. The monoisotopic (exact) mass is 288 g/mol. The molecule has 21 heavy (non-hydrogen) atoms. The molecule has 0 spiro atoms. The van der Waals surface area contributed by atoms with Crippen molar-refractivity contribution in [1.82, 2.24) is 14.9 Å². The van der Waals surface area contributed by atoms with Gasteiger partial charge in [-0.1, -0.05) is 6.07 Å². The second-order valence-electron chi connectivity index (χ2n) is 5.34. The molecule has 2 heterocycles. The lowest BCUT2D eigenvalue weighted by molar-refractivity contribution is 0.100. The fourth-order valence-corrected chi connectivity index (χ4v) is 2.97. The van der Waals surface area contributed by atoms with E-state index >= 15 is 0 Å². The van der Waals surface area contributed by atoms with E-state index in [9.17, 15) is 4.79 Å². The smallest absolute Gasteiger partial charge is 0.250 e. The predicted octanol–water partition coefficient (Wildman–Crippen LogP) is 0.859. The minimum atomic E-state index is -0.437. The molecule has 112 valence electrons. The zero-order valence-corrected chi connectivity index (χ0v) is 12.1. The number of imidazole rings is 1. The maximum absolute atomic E-state index is 11.6. The van der Waals surface area contributed by atoms with Gasteiger partial charge in [-0.2, -0.15) is 0 Å². The average molecular weight is 288 g/mol. The molecule has 1 aliphatic rings. The summed E-state index contributed by atoms with van der Waals surface area (Å²) >= 11 is 0. The van der Waals surface area contributed by atoms with Gasteiger partial charge < -0.3 is 20.4 Å². The van der Waals surface area contributed by atoms with Gasteiger partial charge >= 0.3 is 0 Å². The molecule has 0 aliphatic carbocycles. The normalized spacial score (nSPS) is 18.4. The number of hydrogen-bond acceptors (Lipinski definition) is 4. The Labute approximate surface area is 123 Å². The molecule has 3 N–H and O–H groups in total. The summed E-state index contributed by atoms with van der Waals surface area (Å²) in [5.41, 5.74) is 7.60. The minimum absolute atomic E-state index is 0.370. The second-order valence-corrected chi connectivity index (χ2v) is 5.34. The Balaban J connectivity index is 2.15. The first-order valence-corrected chi connectivity index (χ1v) is 7.21. The Morgan fingerprint density at radius 2 is 2.43 bits per heavy atom. The molecule has 2 aromatic rings. The van der Waals surface area contributed by atoms with Gasteiger partial charge in [0.1, 0.15) is 11.3 Å². The molecule has 1 unspecified atom stereocenters. The van der Waals surface area contributed by atoms with Crippen LogP contribution in [0.5, 0.6) is 0 Å². The third kappa shape index (κ3) is 2.52. The van der Waals surface area contributed by atoms with Gasteiger partial charge in [0, 0.05) is 26.1 Å². The van der Waals surface area contributed by atoms with Crippen molar-refractivity contribution in [2.75, 3.05) is 26.8 Å². The molecule has 6 nitrogen and oxygen atoms in total. The molecule has 1 saturated heterocycles. The number of para-hydroxylation sites is 1. The van der Waals surface area contributed by atoms with Crippen LogP contribution in [0.4, 0.5) is 0 Å². The zero-order chi connectivity index (χ0) is 14.8. The van der Waals surface area contributed by atoms with Crippen LogP contribution in [0.3, 0.4) is 0 Å². The fourth-order valence-electron chi connectivity index (χ4n) is 2.97. The van der Waals surface area contributed by atoms with E-state index in [2.05, 4.69) is 9.88 Å². The molecule has 1 amide bonds. The molecule has 1 fully saturated rings. The Morgan fingerprint density at radius 3 is 3.10 bits per heavy atom. The number of benzene rings is 1. The Kier molecular flexibility index (Phi) is 3.90. The van der Waals surface area contributed by atoms with Crippen LogP contribution in [0.25, 0.3) is 11.0 Å². The summed E-state index contributed by atoms with van der Waals surface area (Å²) < 4.78 is 7.36. The van der Waals surface area contributed by atoms with Crippen molar-refractivity contribution in [2.24, 2.45) is 5.73 Å². The van der Waals surface area contributed by atoms with E-state index in [1.165, 1.54) is 0 Å². The summed E-state index contributed by atoms with van der Waals surface area (Å²) in [7, 11) is 1.69. The third-order valence-electron chi connectivity index (χ3n) is 4.02. The largest absolute Gasteiger partial charge is 0.383 e. The van der Waals surface area contributed by atoms with Gasteiger partial charge in [0.15, 0.2) is 0 Å². The number of nitrogens with two attached hydrogens (primary N) is 1. The number of nitrogens with zero attached hydrogens (tertiary/aromatic N) is 2. The number of methoxy groups -OCH3 is 1. The lowest BCUT2D eigenvalue weighted by atomic mass is 10.1. The van der Waals surface area contributed by atoms with E-state index < -0.39 is 5.91 Å². The van der Waals surface area contributed by atoms with Crippen molar-refractivity contribution < 1.29 is 9.53 Å². The van der Waals surface area contributed by atoms with Crippen LogP contribution in [-0.4, -0.2) is 42.3 Å². The van der Waals surface area contributed by atoms with Crippen molar-refractivity contribution in [2.45, 2.75) is 18.9 Å². The SMILES string of the molecule is COCCn1c(C2CCNC2)nc2c(C(N)=O)cccc21. The molecule has 0 saturated carbocycles. The van der Waals surface area contributed by atoms with Gasteiger partial charge in [-0.25, -0.2) is 4.98 Å². The highest BCUT2D eigenvalue weighted by atomic mass is 16.5. The molecule has 6 heteroatoms. The first-order valence-electron chi connectivity index (χ1n) is 7.21. The number of hydrogen-bond donors (Lipinski definition) is 2. The number of primary amides is 1. The van der Waals surface area contributed by atoms with Crippen LogP contribution in [0.1, 0.15) is 28.5 Å². The summed E-state index contributed by atoms with van der Waals surface area (Å²) in [4.78, 5) is 16.3. The van der Waals surface area contributed by atoms with Crippen molar-refractivity contribution in [3.05, 3.63) is 29.6 Å². The molecule has 1 aliphatic heterocycles. The fraction of sp³-hybridized carbons (Fsp3) is 0.467.